The molecule has 1 heterocycles. The number of halogens is 2. The highest BCUT2D eigenvalue weighted by Crippen LogP contribution is 2.27. The first-order valence-electron chi connectivity index (χ1n) is 7.29. The molecule has 0 fully saturated rings. The second-order valence-electron chi connectivity index (χ2n) is 5.57. The van der Waals surface area contributed by atoms with E-state index in [1.165, 1.54) is 5.56 Å². The predicted octanol–water partition coefficient (Wildman–Crippen LogP) is 5.46. The topological polar surface area (TPSA) is 34.0 Å². The first-order valence-corrected chi connectivity index (χ1v) is 8.04. The fraction of sp³-hybridized carbons (Fsp3) is 0.167. The quantitative estimate of drug-likeness (QED) is 0.671. The second-order valence-corrected chi connectivity index (χ2v) is 6.42. The average Bonchev–Trinajstić information content (AvgIpc) is 2.93. The minimum atomic E-state index is -0.370. The lowest BCUT2D eigenvalue weighted by Gasteiger charge is -2.16. The molecule has 3 nitrogen and oxygen atoms in total. The van der Waals surface area contributed by atoms with Crippen LogP contribution in [0, 0.1) is 6.92 Å². The van der Waals surface area contributed by atoms with Gasteiger partial charge in [-0.05, 0) is 55.6 Å². The van der Waals surface area contributed by atoms with Crippen molar-refractivity contribution in [2.75, 3.05) is 5.32 Å². The zero-order valence-electron chi connectivity index (χ0n) is 12.8. The first kappa shape index (κ1) is 15.9. The molecule has 0 aliphatic carbocycles. The molecule has 0 spiro atoms. The summed E-state index contributed by atoms with van der Waals surface area (Å²) < 4.78 is 1.95. The van der Waals surface area contributed by atoms with Crippen molar-refractivity contribution in [1.82, 2.24) is 4.57 Å². The third kappa shape index (κ3) is 3.21. The maximum absolute atomic E-state index is 12.6. The number of anilines is 1. The standard InChI is InChI=1S/C18H16Cl2N2O/c1-11-3-6-17-13(9-11)7-8-22(17)12(2)18(23)21-16-10-14(19)4-5-15(16)20/h3-10,12H,1-2H3,(H,21,23). The summed E-state index contributed by atoms with van der Waals surface area (Å²) in [5.74, 6) is -0.146. The van der Waals surface area contributed by atoms with Crippen LogP contribution >= 0.6 is 23.2 Å². The first-order chi connectivity index (χ1) is 11.0. The normalized spacial score (nSPS) is 12.3. The van der Waals surface area contributed by atoms with Gasteiger partial charge < -0.3 is 9.88 Å². The van der Waals surface area contributed by atoms with Gasteiger partial charge >= 0.3 is 0 Å². The summed E-state index contributed by atoms with van der Waals surface area (Å²) in [5, 5.41) is 4.94. The van der Waals surface area contributed by atoms with Gasteiger partial charge in [0.25, 0.3) is 0 Å². The second kappa shape index (κ2) is 6.26. The number of benzene rings is 2. The molecule has 0 saturated heterocycles. The molecule has 0 bridgehead atoms. The summed E-state index contributed by atoms with van der Waals surface area (Å²) in [6.07, 6.45) is 1.92. The van der Waals surface area contributed by atoms with Crippen molar-refractivity contribution in [2.45, 2.75) is 19.9 Å². The molecule has 2 aromatic carbocycles. The van der Waals surface area contributed by atoms with Crippen LogP contribution in [-0.4, -0.2) is 10.5 Å². The Morgan fingerprint density at radius 1 is 1.13 bits per heavy atom. The SMILES string of the molecule is Cc1ccc2c(ccn2C(C)C(=O)Nc2cc(Cl)ccc2Cl)c1. The van der Waals surface area contributed by atoms with Crippen molar-refractivity contribution in [3.63, 3.8) is 0 Å². The van der Waals surface area contributed by atoms with E-state index in [4.69, 9.17) is 23.2 Å². The Balaban J connectivity index is 1.88. The van der Waals surface area contributed by atoms with Crippen LogP contribution in [0.15, 0.2) is 48.7 Å². The van der Waals surface area contributed by atoms with Gasteiger partial charge in [0, 0.05) is 16.7 Å². The number of nitrogens with one attached hydrogen (secondary N) is 1. The van der Waals surface area contributed by atoms with E-state index in [2.05, 4.69) is 11.4 Å². The van der Waals surface area contributed by atoms with Crippen LogP contribution in [0.2, 0.25) is 10.0 Å². The Morgan fingerprint density at radius 2 is 1.91 bits per heavy atom. The van der Waals surface area contributed by atoms with Gasteiger partial charge in [-0.3, -0.25) is 4.79 Å². The Morgan fingerprint density at radius 3 is 2.70 bits per heavy atom. The van der Waals surface area contributed by atoms with Crippen LogP contribution in [-0.2, 0) is 4.79 Å². The van der Waals surface area contributed by atoms with E-state index in [1.807, 2.05) is 42.8 Å². The van der Waals surface area contributed by atoms with Gasteiger partial charge in [0.2, 0.25) is 5.91 Å². The van der Waals surface area contributed by atoms with Gasteiger partial charge in [0.1, 0.15) is 6.04 Å². The third-order valence-electron chi connectivity index (χ3n) is 3.86. The lowest BCUT2D eigenvalue weighted by Crippen LogP contribution is -2.23. The van der Waals surface area contributed by atoms with Gasteiger partial charge in [-0.15, -0.1) is 0 Å². The molecule has 118 valence electrons. The van der Waals surface area contributed by atoms with Gasteiger partial charge in [-0.2, -0.15) is 0 Å². The van der Waals surface area contributed by atoms with E-state index in [0.29, 0.717) is 15.7 Å². The Bertz CT molecular complexity index is 886. The highest BCUT2D eigenvalue weighted by Gasteiger charge is 2.17. The number of hydrogen-bond donors (Lipinski definition) is 1. The van der Waals surface area contributed by atoms with Gasteiger partial charge in [0.15, 0.2) is 0 Å². The lowest BCUT2D eigenvalue weighted by molar-refractivity contribution is -0.118. The molecule has 1 atom stereocenters. The zero-order chi connectivity index (χ0) is 16.6. The number of nitrogens with zero attached hydrogens (tertiary/aromatic N) is 1. The molecule has 0 aliphatic heterocycles. The van der Waals surface area contributed by atoms with E-state index in [-0.39, 0.29) is 11.9 Å². The summed E-state index contributed by atoms with van der Waals surface area (Å²) in [7, 11) is 0. The van der Waals surface area contributed by atoms with Crippen molar-refractivity contribution < 1.29 is 4.79 Å². The fourth-order valence-corrected chi connectivity index (χ4v) is 2.91. The van der Waals surface area contributed by atoms with Crippen LogP contribution in [0.1, 0.15) is 18.5 Å². The zero-order valence-corrected chi connectivity index (χ0v) is 14.3. The predicted molar refractivity (Wildman–Crippen MR) is 96.5 cm³/mol. The number of rotatable bonds is 3. The van der Waals surface area contributed by atoms with E-state index in [1.54, 1.807) is 18.2 Å². The smallest absolute Gasteiger partial charge is 0.247 e. The summed E-state index contributed by atoms with van der Waals surface area (Å²) in [6, 6.07) is 12.8. The molecule has 1 aromatic heterocycles. The van der Waals surface area contributed by atoms with E-state index >= 15 is 0 Å². The van der Waals surface area contributed by atoms with Crippen molar-refractivity contribution in [2.24, 2.45) is 0 Å². The summed E-state index contributed by atoms with van der Waals surface area (Å²) in [5.41, 5.74) is 2.73. The van der Waals surface area contributed by atoms with Crippen molar-refractivity contribution in [3.05, 3.63) is 64.3 Å². The molecule has 0 saturated carbocycles. The summed E-state index contributed by atoms with van der Waals surface area (Å²) in [4.78, 5) is 12.6. The highest BCUT2D eigenvalue weighted by atomic mass is 35.5. The molecule has 23 heavy (non-hydrogen) atoms. The number of carbonyl (C=O) groups is 1. The van der Waals surface area contributed by atoms with Gasteiger partial charge in [-0.1, -0.05) is 34.8 Å². The minimum absolute atomic E-state index is 0.146. The number of hydrogen-bond acceptors (Lipinski definition) is 1. The van der Waals surface area contributed by atoms with Crippen molar-refractivity contribution >= 4 is 45.7 Å². The van der Waals surface area contributed by atoms with Crippen molar-refractivity contribution in [3.8, 4) is 0 Å². The molecule has 1 N–H and O–H groups in total. The monoisotopic (exact) mass is 346 g/mol. The maximum Gasteiger partial charge on any atom is 0.247 e. The average molecular weight is 347 g/mol. The molecular weight excluding hydrogens is 331 g/mol. The largest absolute Gasteiger partial charge is 0.335 e. The molecule has 1 unspecified atom stereocenters. The molecule has 3 rings (SSSR count). The van der Waals surface area contributed by atoms with E-state index in [9.17, 15) is 4.79 Å². The van der Waals surface area contributed by atoms with Crippen LogP contribution in [0.4, 0.5) is 5.69 Å². The molecule has 0 radical (unpaired) electrons. The Kier molecular flexibility index (Phi) is 4.33. The van der Waals surface area contributed by atoms with Crippen LogP contribution in [0.25, 0.3) is 10.9 Å². The number of amides is 1. The van der Waals surface area contributed by atoms with Crippen molar-refractivity contribution in [1.29, 1.82) is 0 Å². The van der Waals surface area contributed by atoms with Crippen LogP contribution in [0.5, 0.6) is 0 Å². The number of carbonyl (C=O) groups excluding carboxylic acids is 1. The number of aryl methyl sites for hydroxylation is 1. The summed E-state index contributed by atoms with van der Waals surface area (Å²) >= 11 is 12.1. The number of aromatic nitrogens is 1. The van der Waals surface area contributed by atoms with Gasteiger partial charge in [0.05, 0.1) is 10.7 Å². The molecule has 0 aliphatic rings. The lowest BCUT2D eigenvalue weighted by atomic mass is 10.2. The molecule has 3 aromatic rings. The molecular formula is C18H16Cl2N2O. The third-order valence-corrected chi connectivity index (χ3v) is 4.42. The Hall–Kier alpha value is -1.97. The summed E-state index contributed by atoms with van der Waals surface area (Å²) in [6.45, 7) is 3.90. The highest BCUT2D eigenvalue weighted by molar-refractivity contribution is 6.35. The maximum atomic E-state index is 12.6. The number of fused-ring (bicyclic) bond motifs is 1. The van der Waals surface area contributed by atoms with Crippen LogP contribution < -0.4 is 5.32 Å². The van der Waals surface area contributed by atoms with E-state index < -0.39 is 0 Å². The van der Waals surface area contributed by atoms with E-state index in [0.717, 1.165) is 10.9 Å². The van der Waals surface area contributed by atoms with Gasteiger partial charge in [-0.25, -0.2) is 0 Å². The van der Waals surface area contributed by atoms with Crippen LogP contribution in [0.3, 0.4) is 0 Å². The Labute approximate surface area is 144 Å². The molecule has 5 heteroatoms. The fourth-order valence-electron chi connectivity index (χ4n) is 2.58. The minimum Gasteiger partial charge on any atom is -0.335 e. The molecule has 1 amide bonds.